The highest BCUT2D eigenvalue weighted by atomic mass is 19.1. The Balaban J connectivity index is 2.18. The molecule has 1 unspecified atom stereocenters. The lowest BCUT2D eigenvalue weighted by Crippen LogP contribution is -2.27. The normalized spacial score (nSPS) is 11.8. The van der Waals surface area contributed by atoms with E-state index in [1.165, 1.54) is 19.2 Å². The van der Waals surface area contributed by atoms with Gasteiger partial charge in [-0.1, -0.05) is 18.2 Å². The number of methoxy groups -OCH3 is 1. The fourth-order valence-electron chi connectivity index (χ4n) is 2.07. The molecule has 1 atom stereocenters. The van der Waals surface area contributed by atoms with Crippen molar-refractivity contribution in [3.8, 4) is 5.75 Å². The molecule has 0 saturated carbocycles. The van der Waals surface area contributed by atoms with Crippen molar-refractivity contribution in [1.82, 2.24) is 5.32 Å². The molecule has 0 heterocycles. The molecule has 0 bridgehead atoms. The third kappa shape index (κ3) is 3.31. The molecule has 21 heavy (non-hydrogen) atoms. The average Bonchev–Trinajstić information content (AvgIpc) is 2.47. The van der Waals surface area contributed by atoms with Crippen LogP contribution in [0.5, 0.6) is 5.75 Å². The predicted octanol–water partition coefficient (Wildman–Crippen LogP) is 2.91. The predicted molar refractivity (Wildman–Crippen MR) is 79.7 cm³/mol. The van der Waals surface area contributed by atoms with E-state index in [1.54, 1.807) is 30.3 Å². The molecule has 1 amide bonds. The summed E-state index contributed by atoms with van der Waals surface area (Å²) >= 11 is 0. The first-order valence-corrected chi connectivity index (χ1v) is 6.51. The number of nitrogens with one attached hydrogen (secondary N) is 1. The summed E-state index contributed by atoms with van der Waals surface area (Å²) in [6.07, 6.45) is 0. The van der Waals surface area contributed by atoms with Crippen LogP contribution in [0.1, 0.15) is 28.9 Å². The number of carbonyl (C=O) groups is 1. The third-order valence-corrected chi connectivity index (χ3v) is 3.21. The van der Waals surface area contributed by atoms with Gasteiger partial charge < -0.3 is 15.8 Å². The number of para-hydroxylation sites is 1. The number of amides is 1. The van der Waals surface area contributed by atoms with Gasteiger partial charge in [-0.25, -0.2) is 4.39 Å². The Labute approximate surface area is 122 Å². The van der Waals surface area contributed by atoms with Crippen molar-refractivity contribution in [3.63, 3.8) is 0 Å². The van der Waals surface area contributed by atoms with Gasteiger partial charge in [0.05, 0.1) is 24.4 Å². The molecule has 0 fully saturated rings. The van der Waals surface area contributed by atoms with Crippen LogP contribution in [0.2, 0.25) is 0 Å². The number of carbonyl (C=O) groups excluding carboxylic acids is 1. The summed E-state index contributed by atoms with van der Waals surface area (Å²) in [6, 6.07) is 10.7. The molecule has 2 aromatic carbocycles. The summed E-state index contributed by atoms with van der Waals surface area (Å²) in [4.78, 5) is 12.3. The standard InChI is InChI=1S/C16H17FN2O2/c1-10(11-6-8-12(17)9-7-11)19-16(20)13-4-3-5-14(18)15(13)21-2/h3-10H,18H2,1-2H3,(H,19,20). The molecule has 0 aliphatic rings. The van der Waals surface area contributed by atoms with E-state index >= 15 is 0 Å². The van der Waals surface area contributed by atoms with Crippen LogP contribution in [0.3, 0.4) is 0 Å². The number of nitrogen functional groups attached to an aromatic ring is 1. The molecule has 110 valence electrons. The fourth-order valence-corrected chi connectivity index (χ4v) is 2.07. The maximum absolute atomic E-state index is 12.9. The topological polar surface area (TPSA) is 64.3 Å². The summed E-state index contributed by atoms with van der Waals surface area (Å²) in [7, 11) is 1.46. The van der Waals surface area contributed by atoms with Crippen molar-refractivity contribution in [3.05, 3.63) is 59.4 Å². The monoisotopic (exact) mass is 288 g/mol. The zero-order valence-electron chi connectivity index (χ0n) is 11.9. The minimum atomic E-state index is -0.310. The van der Waals surface area contributed by atoms with Gasteiger partial charge in [0.25, 0.3) is 5.91 Å². The van der Waals surface area contributed by atoms with Crippen molar-refractivity contribution in [2.75, 3.05) is 12.8 Å². The van der Waals surface area contributed by atoms with Crippen molar-refractivity contribution in [2.24, 2.45) is 0 Å². The van der Waals surface area contributed by atoms with E-state index in [2.05, 4.69) is 5.32 Å². The van der Waals surface area contributed by atoms with Crippen LogP contribution >= 0.6 is 0 Å². The lowest BCUT2D eigenvalue weighted by Gasteiger charge is -2.16. The Morgan fingerprint density at radius 1 is 1.24 bits per heavy atom. The van der Waals surface area contributed by atoms with Crippen LogP contribution in [0.25, 0.3) is 0 Å². The van der Waals surface area contributed by atoms with E-state index in [9.17, 15) is 9.18 Å². The number of hydrogen-bond acceptors (Lipinski definition) is 3. The molecule has 0 aliphatic carbocycles. The maximum Gasteiger partial charge on any atom is 0.255 e. The second-order valence-corrected chi connectivity index (χ2v) is 4.67. The van der Waals surface area contributed by atoms with E-state index in [1.807, 2.05) is 6.92 Å². The highest BCUT2D eigenvalue weighted by Gasteiger charge is 2.17. The first kappa shape index (κ1) is 14.8. The van der Waals surface area contributed by atoms with Crippen LogP contribution in [0.15, 0.2) is 42.5 Å². The third-order valence-electron chi connectivity index (χ3n) is 3.21. The number of hydrogen-bond donors (Lipinski definition) is 2. The van der Waals surface area contributed by atoms with E-state index in [-0.39, 0.29) is 17.8 Å². The Hall–Kier alpha value is -2.56. The van der Waals surface area contributed by atoms with Crippen molar-refractivity contribution in [1.29, 1.82) is 0 Å². The Morgan fingerprint density at radius 2 is 1.90 bits per heavy atom. The smallest absolute Gasteiger partial charge is 0.255 e. The summed E-state index contributed by atoms with van der Waals surface area (Å²) in [5.41, 5.74) is 7.36. The number of halogens is 1. The fraction of sp³-hybridized carbons (Fsp3) is 0.188. The molecule has 5 heteroatoms. The number of benzene rings is 2. The van der Waals surface area contributed by atoms with E-state index in [0.29, 0.717) is 17.0 Å². The van der Waals surface area contributed by atoms with Gasteiger partial charge in [-0.05, 0) is 36.8 Å². The molecule has 0 aliphatic heterocycles. The highest BCUT2D eigenvalue weighted by molar-refractivity contribution is 5.98. The van der Waals surface area contributed by atoms with Crippen LogP contribution in [0, 0.1) is 5.82 Å². The molecule has 0 spiro atoms. The quantitative estimate of drug-likeness (QED) is 0.850. The average molecular weight is 288 g/mol. The minimum Gasteiger partial charge on any atom is -0.494 e. The number of anilines is 1. The number of nitrogens with two attached hydrogens (primary N) is 1. The maximum atomic E-state index is 12.9. The molecule has 0 saturated heterocycles. The molecule has 2 rings (SSSR count). The SMILES string of the molecule is COc1c(N)cccc1C(=O)NC(C)c1ccc(F)cc1. The molecule has 0 aromatic heterocycles. The minimum absolute atomic E-state index is 0.260. The molecular weight excluding hydrogens is 271 g/mol. The molecular formula is C16H17FN2O2. The van der Waals surface area contributed by atoms with Gasteiger partial charge in [-0.2, -0.15) is 0 Å². The van der Waals surface area contributed by atoms with Gasteiger partial charge in [0.1, 0.15) is 5.82 Å². The van der Waals surface area contributed by atoms with Gasteiger partial charge in [-0.3, -0.25) is 4.79 Å². The summed E-state index contributed by atoms with van der Waals surface area (Å²) in [5.74, 6) is -0.257. The Kier molecular flexibility index (Phi) is 4.42. The lowest BCUT2D eigenvalue weighted by molar-refractivity contribution is 0.0937. The zero-order valence-corrected chi connectivity index (χ0v) is 11.9. The van der Waals surface area contributed by atoms with Crippen molar-refractivity contribution >= 4 is 11.6 Å². The Morgan fingerprint density at radius 3 is 2.52 bits per heavy atom. The van der Waals surface area contributed by atoms with Crippen LogP contribution in [-0.2, 0) is 0 Å². The molecule has 3 N–H and O–H groups in total. The summed E-state index contributed by atoms with van der Waals surface area (Å²) in [5, 5.41) is 2.84. The van der Waals surface area contributed by atoms with Gasteiger partial charge in [-0.15, -0.1) is 0 Å². The van der Waals surface area contributed by atoms with Gasteiger partial charge in [0.15, 0.2) is 5.75 Å². The summed E-state index contributed by atoms with van der Waals surface area (Å²) < 4.78 is 18.1. The molecule has 0 radical (unpaired) electrons. The van der Waals surface area contributed by atoms with Gasteiger partial charge in [0, 0.05) is 0 Å². The molecule has 4 nitrogen and oxygen atoms in total. The second kappa shape index (κ2) is 6.26. The van der Waals surface area contributed by atoms with Gasteiger partial charge in [0.2, 0.25) is 0 Å². The summed E-state index contributed by atoms with van der Waals surface area (Å²) in [6.45, 7) is 1.82. The lowest BCUT2D eigenvalue weighted by atomic mass is 10.1. The Bertz CT molecular complexity index is 641. The van der Waals surface area contributed by atoms with Crippen LogP contribution in [0.4, 0.5) is 10.1 Å². The van der Waals surface area contributed by atoms with Crippen molar-refractivity contribution in [2.45, 2.75) is 13.0 Å². The zero-order chi connectivity index (χ0) is 15.4. The van der Waals surface area contributed by atoms with Crippen LogP contribution < -0.4 is 15.8 Å². The van der Waals surface area contributed by atoms with Gasteiger partial charge >= 0.3 is 0 Å². The largest absolute Gasteiger partial charge is 0.494 e. The number of ether oxygens (including phenoxy) is 1. The first-order valence-electron chi connectivity index (χ1n) is 6.51. The van der Waals surface area contributed by atoms with E-state index in [0.717, 1.165) is 5.56 Å². The second-order valence-electron chi connectivity index (χ2n) is 4.67. The van der Waals surface area contributed by atoms with E-state index < -0.39 is 0 Å². The van der Waals surface area contributed by atoms with Crippen molar-refractivity contribution < 1.29 is 13.9 Å². The number of rotatable bonds is 4. The van der Waals surface area contributed by atoms with Crippen LogP contribution in [-0.4, -0.2) is 13.0 Å². The highest BCUT2D eigenvalue weighted by Crippen LogP contribution is 2.26. The first-order chi connectivity index (χ1) is 10.0. The molecule has 2 aromatic rings. The van der Waals surface area contributed by atoms with E-state index in [4.69, 9.17) is 10.5 Å².